The molecule has 0 fully saturated rings. The number of nitrogen functional groups attached to an aromatic ring is 1. The van der Waals surface area contributed by atoms with Crippen molar-refractivity contribution in [3.8, 4) is 0 Å². The number of benzene rings is 2. The van der Waals surface area contributed by atoms with Crippen molar-refractivity contribution in [1.29, 1.82) is 0 Å². The highest BCUT2D eigenvalue weighted by Gasteiger charge is 2.10. The molecule has 0 radical (unpaired) electrons. The third kappa shape index (κ3) is 3.15. The van der Waals surface area contributed by atoms with E-state index in [0.717, 1.165) is 5.56 Å². The van der Waals surface area contributed by atoms with Crippen LogP contribution in [-0.4, -0.2) is 7.05 Å². The number of anilines is 2. The molecule has 0 heterocycles. The number of halogens is 3. The number of hydrogen-bond donors (Lipinski definition) is 1. The van der Waals surface area contributed by atoms with Gasteiger partial charge in [-0.25, -0.2) is 8.78 Å². The number of hydrogen-bond acceptors (Lipinski definition) is 2. The highest BCUT2D eigenvalue weighted by molar-refractivity contribution is 6.31. The quantitative estimate of drug-likeness (QED) is 0.867. The van der Waals surface area contributed by atoms with E-state index >= 15 is 0 Å². The molecule has 0 atom stereocenters. The number of rotatable bonds is 3. The topological polar surface area (TPSA) is 29.3 Å². The second kappa shape index (κ2) is 5.45. The van der Waals surface area contributed by atoms with E-state index in [1.165, 1.54) is 24.3 Å². The van der Waals surface area contributed by atoms with Crippen molar-refractivity contribution >= 4 is 23.0 Å². The Balaban J connectivity index is 2.25. The predicted molar refractivity (Wildman–Crippen MR) is 74.3 cm³/mol. The second-order valence-electron chi connectivity index (χ2n) is 4.31. The normalized spacial score (nSPS) is 10.5. The largest absolute Gasteiger partial charge is 0.397 e. The Bertz CT molecular complexity index is 602. The van der Waals surface area contributed by atoms with Gasteiger partial charge in [-0.3, -0.25) is 0 Å². The molecule has 100 valence electrons. The molecule has 5 heteroatoms. The Morgan fingerprint density at radius 2 is 1.95 bits per heavy atom. The SMILES string of the molecule is CN(Cc1cccc(F)c1)c1cc(Cl)c(F)cc1N. The lowest BCUT2D eigenvalue weighted by Gasteiger charge is -2.21. The Kier molecular flexibility index (Phi) is 3.90. The summed E-state index contributed by atoms with van der Waals surface area (Å²) in [7, 11) is 1.78. The first-order valence-corrected chi connectivity index (χ1v) is 6.05. The number of nitrogens with zero attached hydrogens (tertiary/aromatic N) is 1. The lowest BCUT2D eigenvalue weighted by molar-refractivity contribution is 0.625. The van der Waals surface area contributed by atoms with E-state index < -0.39 is 5.82 Å². The van der Waals surface area contributed by atoms with Gasteiger partial charge in [-0.2, -0.15) is 0 Å². The molecule has 0 spiro atoms. The van der Waals surface area contributed by atoms with E-state index in [-0.39, 0.29) is 10.8 Å². The van der Waals surface area contributed by atoms with Crippen molar-refractivity contribution in [2.24, 2.45) is 0 Å². The van der Waals surface area contributed by atoms with Crippen LogP contribution in [0.4, 0.5) is 20.2 Å². The molecule has 0 aliphatic rings. The Hall–Kier alpha value is -1.81. The summed E-state index contributed by atoms with van der Waals surface area (Å²) < 4.78 is 26.3. The van der Waals surface area contributed by atoms with Crippen molar-refractivity contribution in [3.63, 3.8) is 0 Å². The minimum atomic E-state index is -0.554. The van der Waals surface area contributed by atoms with E-state index in [2.05, 4.69) is 0 Å². The summed E-state index contributed by atoms with van der Waals surface area (Å²) in [6, 6.07) is 8.91. The van der Waals surface area contributed by atoms with Crippen LogP contribution in [0.2, 0.25) is 5.02 Å². The molecule has 0 unspecified atom stereocenters. The van der Waals surface area contributed by atoms with Crippen LogP contribution in [0.3, 0.4) is 0 Å². The summed E-state index contributed by atoms with van der Waals surface area (Å²) in [6.45, 7) is 0.448. The summed E-state index contributed by atoms with van der Waals surface area (Å²) >= 11 is 5.74. The van der Waals surface area contributed by atoms with Crippen LogP contribution >= 0.6 is 11.6 Å². The molecule has 0 bridgehead atoms. The maximum atomic E-state index is 13.2. The van der Waals surface area contributed by atoms with Gasteiger partial charge in [0.2, 0.25) is 0 Å². The zero-order valence-electron chi connectivity index (χ0n) is 10.3. The zero-order valence-corrected chi connectivity index (χ0v) is 11.1. The molecule has 2 rings (SSSR count). The van der Waals surface area contributed by atoms with E-state index in [0.29, 0.717) is 17.9 Å². The molecule has 2 N–H and O–H groups in total. The second-order valence-corrected chi connectivity index (χ2v) is 4.72. The van der Waals surface area contributed by atoms with Gasteiger partial charge in [0.1, 0.15) is 11.6 Å². The molecule has 0 saturated heterocycles. The van der Waals surface area contributed by atoms with Crippen molar-refractivity contribution in [2.45, 2.75) is 6.54 Å². The molecule has 0 aliphatic carbocycles. The molecule has 0 saturated carbocycles. The molecular weight excluding hydrogens is 270 g/mol. The summed E-state index contributed by atoms with van der Waals surface area (Å²) in [4.78, 5) is 1.79. The lowest BCUT2D eigenvalue weighted by Crippen LogP contribution is -2.18. The van der Waals surface area contributed by atoms with E-state index in [1.54, 1.807) is 24.1 Å². The molecule has 0 aliphatic heterocycles. The van der Waals surface area contributed by atoms with Gasteiger partial charge in [0, 0.05) is 19.7 Å². The Labute approximate surface area is 115 Å². The summed E-state index contributed by atoms with van der Waals surface area (Å²) in [5.74, 6) is -0.849. The average molecular weight is 283 g/mol. The average Bonchev–Trinajstić information content (AvgIpc) is 2.33. The Morgan fingerprint density at radius 1 is 1.21 bits per heavy atom. The van der Waals surface area contributed by atoms with Crippen molar-refractivity contribution < 1.29 is 8.78 Å². The van der Waals surface area contributed by atoms with Gasteiger partial charge in [-0.05, 0) is 23.8 Å². The highest BCUT2D eigenvalue weighted by Crippen LogP contribution is 2.29. The van der Waals surface area contributed by atoms with Crippen LogP contribution in [0, 0.1) is 11.6 Å². The number of nitrogens with two attached hydrogens (primary N) is 1. The van der Waals surface area contributed by atoms with Gasteiger partial charge in [-0.15, -0.1) is 0 Å². The van der Waals surface area contributed by atoms with Crippen molar-refractivity contribution in [1.82, 2.24) is 0 Å². The molecule has 19 heavy (non-hydrogen) atoms. The minimum absolute atomic E-state index is 0.00953. The van der Waals surface area contributed by atoms with Crippen molar-refractivity contribution in [2.75, 3.05) is 17.7 Å². The smallest absolute Gasteiger partial charge is 0.143 e. The van der Waals surface area contributed by atoms with Crippen LogP contribution in [0.5, 0.6) is 0 Å². The van der Waals surface area contributed by atoms with Gasteiger partial charge in [0.25, 0.3) is 0 Å². The first kappa shape index (κ1) is 13.6. The zero-order chi connectivity index (χ0) is 14.0. The third-order valence-corrected chi connectivity index (χ3v) is 3.08. The van der Waals surface area contributed by atoms with Crippen LogP contribution in [0.1, 0.15) is 5.56 Å². The third-order valence-electron chi connectivity index (χ3n) is 2.79. The van der Waals surface area contributed by atoms with E-state index in [4.69, 9.17) is 17.3 Å². The molecule has 0 amide bonds. The van der Waals surface area contributed by atoms with E-state index in [1.807, 2.05) is 0 Å². The molecular formula is C14H13ClF2N2. The summed E-state index contributed by atoms with van der Waals surface area (Å²) in [5.41, 5.74) is 7.45. The first-order chi connectivity index (χ1) is 8.97. The van der Waals surface area contributed by atoms with Gasteiger partial charge < -0.3 is 10.6 Å². The standard InChI is InChI=1S/C14H13ClF2N2/c1-19(8-9-3-2-4-10(16)5-9)14-6-11(15)12(17)7-13(14)18/h2-7H,8,18H2,1H3. The molecule has 2 aromatic rings. The minimum Gasteiger partial charge on any atom is -0.397 e. The summed E-state index contributed by atoms with van der Waals surface area (Å²) in [6.07, 6.45) is 0. The van der Waals surface area contributed by atoms with Crippen molar-refractivity contribution in [3.05, 3.63) is 58.6 Å². The van der Waals surface area contributed by atoms with Crippen LogP contribution in [0.15, 0.2) is 36.4 Å². The molecule has 2 aromatic carbocycles. The first-order valence-electron chi connectivity index (χ1n) is 5.67. The van der Waals surface area contributed by atoms with E-state index in [9.17, 15) is 8.78 Å². The summed E-state index contributed by atoms with van der Waals surface area (Å²) in [5, 5.41) is 0.00953. The Morgan fingerprint density at radius 3 is 2.63 bits per heavy atom. The van der Waals surface area contributed by atoms with Crippen LogP contribution < -0.4 is 10.6 Å². The fourth-order valence-corrected chi connectivity index (χ4v) is 2.03. The van der Waals surface area contributed by atoms with Gasteiger partial charge in [0.15, 0.2) is 0 Å². The maximum Gasteiger partial charge on any atom is 0.143 e. The van der Waals surface area contributed by atoms with Gasteiger partial charge >= 0.3 is 0 Å². The van der Waals surface area contributed by atoms with Gasteiger partial charge in [0.05, 0.1) is 16.4 Å². The fourth-order valence-electron chi connectivity index (χ4n) is 1.88. The predicted octanol–water partition coefficient (Wildman–Crippen LogP) is 3.84. The monoisotopic (exact) mass is 282 g/mol. The van der Waals surface area contributed by atoms with Crippen LogP contribution in [0.25, 0.3) is 0 Å². The fraction of sp³-hybridized carbons (Fsp3) is 0.143. The molecule has 0 aromatic heterocycles. The van der Waals surface area contributed by atoms with Gasteiger partial charge in [-0.1, -0.05) is 23.7 Å². The highest BCUT2D eigenvalue weighted by atomic mass is 35.5. The lowest BCUT2D eigenvalue weighted by atomic mass is 10.2. The maximum absolute atomic E-state index is 13.2. The van der Waals surface area contributed by atoms with Crippen LogP contribution in [-0.2, 0) is 6.54 Å². The molecule has 2 nitrogen and oxygen atoms in total.